The van der Waals surface area contributed by atoms with Crippen molar-refractivity contribution in [1.82, 2.24) is 10.2 Å². The van der Waals surface area contributed by atoms with E-state index < -0.39 is 0 Å². The average molecular weight is 278 g/mol. The standard InChI is InChI=1S/C16H26N2S/c1-14-4-6-15(7-5-14)19-13-12-18-10-8-16(2,17-3)9-11-18/h4-7,17H,8-13H2,1-3H3. The normalized spacial score (nSPS) is 19.5. The maximum Gasteiger partial charge on any atom is 0.0174 e. The van der Waals surface area contributed by atoms with Crippen LogP contribution >= 0.6 is 11.8 Å². The minimum atomic E-state index is 0.362. The van der Waals surface area contributed by atoms with Gasteiger partial charge in [0.25, 0.3) is 0 Å². The Morgan fingerprint density at radius 2 is 1.84 bits per heavy atom. The monoisotopic (exact) mass is 278 g/mol. The van der Waals surface area contributed by atoms with E-state index in [2.05, 4.69) is 55.4 Å². The molecule has 1 saturated heterocycles. The molecule has 0 aliphatic carbocycles. The van der Waals surface area contributed by atoms with E-state index in [1.165, 1.54) is 48.7 Å². The second-order valence-corrected chi connectivity index (χ2v) is 6.98. The van der Waals surface area contributed by atoms with Crippen LogP contribution in [0.1, 0.15) is 25.3 Å². The van der Waals surface area contributed by atoms with Crippen molar-refractivity contribution in [2.45, 2.75) is 37.1 Å². The van der Waals surface area contributed by atoms with Gasteiger partial charge in [-0.3, -0.25) is 0 Å². The Kier molecular flexibility index (Phi) is 5.31. The molecule has 106 valence electrons. The van der Waals surface area contributed by atoms with Crippen LogP contribution in [0.5, 0.6) is 0 Å². The molecule has 1 fully saturated rings. The lowest BCUT2D eigenvalue weighted by Crippen LogP contribution is -2.50. The van der Waals surface area contributed by atoms with Crippen molar-refractivity contribution in [2.75, 3.05) is 32.4 Å². The highest BCUT2D eigenvalue weighted by atomic mass is 32.2. The molecule has 0 radical (unpaired) electrons. The van der Waals surface area contributed by atoms with E-state index in [0.717, 1.165) is 0 Å². The summed E-state index contributed by atoms with van der Waals surface area (Å²) in [6.07, 6.45) is 2.53. The SMILES string of the molecule is CNC1(C)CCN(CCSc2ccc(C)cc2)CC1. The molecule has 2 nitrogen and oxygen atoms in total. The van der Waals surface area contributed by atoms with Gasteiger partial charge in [0, 0.05) is 22.7 Å². The molecule has 1 aliphatic heterocycles. The number of nitrogens with one attached hydrogen (secondary N) is 1. The Bertz CT molecular complexity index is 380. The lowest BCUT2D eigenvalue weighted by Gasteiger charge is -2.39. The predicted molar refractivity (Wildman–Crippen MR) is 85.0 cm³/mol. The van der Waals surface area contributed by atoms with Gasteiger partial charge in [0.2, 0.25) is 0 Å². The van der Waals surface area contributed by atoms with Crippen LogP contribution in [0, 0.1) is 6.92 Å². The Morgan fingerprint density at radius 3 is 2.42 bits per heavy atom. The van der Waals surface area contributed by atoms with Crippen LogP contribution in [-0.4, -0.2) is 42.9 Å². The first-order valence-corrected chi connectivity index (χ1v) is 8.21. The summed E-state index contributed by atoms with van der Waals surface area (Å²) in [5, 5.41) is 3.46. The molecule has 0 saturated carbocycles. The molecule has 3 heteroatoms. The molecule has 1 aliphatic rings. The molecule has 0 atom stereocenters. The number of thioether (sulfide) groups is 1. The number of aryl methyl sites for hydroxylation is 1. The Morgan fingerprint density at radius 1 is 1.21 bits per heavy atom. The fourth-order valence-corrected chi connectivity index (χ4v) is 3.36. The maximum absolute atomic E-state index is 3.46. The summed E-state index contributed by atoms with van der Waals surface area (Å²) < 4.78 is 0. The van der Waals surface area contributed by atoms with Gasteiger partial charge in [-0.1, -0.05) is 17.7 Å². The van der Waals surface area contributed by atoms with Crippen LogP contribution < -0.4 is 5.32 Å². The smallest absolute Gasteiger partial charge is 0.0174 e. The van der Waals surface area contributed by atoms with Crippen molar-refractivity contribution in [2.24, 2.45) is 0 Å². The molecule has 2 rings (SSSR count). The molecule has 0 spiro atoms. The number of hydrogen-bond donors (Lipinski definition) is 1. The van der Waals surface area contributed by atoms with Crippen LogP contribution in [0.3, 0.4) is 0 Å². The fourth-order valence-electron chi connectivity index (χ4n) is 2.45. The largest absolute Gasteiger partial charge is 0.314 e. The van der Waals surface area contributed by atoms with E-state index in [4.69, 9.17) is 0 Å². The molecule has 1 aromatic carbocycles. The van der Waals surface area contributed by atoms with Crippen molar-refractivity contribution in [3.05, 3.63) is 29.8 Å². The first-order chi connectivity index (χ1) is 9.11. The van der Waals surface area contributed by atoms with Crippen molar-refractivity contribution < 1.29 is 0 Å². The molecule has 0 aromatic heterocycles. The minimum Gasteiger partial charge on any atom is -0.314 e. The van der Waals surface area contributed by atoms with Gasteiger partial charge in [0.15, 0.2) is 0 Å². The summed E-state index contributed by atoms with van der Waals surface area (Å²) in [7, 11) is 2.09. The van der Waals surface area contributed by atoms with Gasteiger partial charge in [-0.15, -0.1) is 11.8 Å². The lowest BCUT2D eigenvalue weighted by atomic mass is 9.90. The van der Waals surface area contributed by atoms with Crippen LogP contribution in [0.15, 0.2) is 29.2 Å². The first kappa shape index (κ1) is 14.9. The van der Waals surface area contributed by atoms with Crippen LogP contribution in [0.2, 0.25) is 0 Å². The van der Waals surface area contributed by atoms with Gasteiger partial charge in [-0.05, 0) is 59.0 Å². The summed E-state index contributed by atoms with van der Waals surface area (Å²) >= 11 is 1.97. The number of likely N-dealkylation sites (tertiary alicyclic amines) is 1. The van der Waals surface area contributed by atoms with E-state index in [-0.39, 0.29) is 0 Å². The average Bonchev–Trinajstić information content (AvgIpc) is 2.43. The van der Waals surface area contributed by atoms with Gasteiger partial charge in [0.1, 0.15) is 0 Å². The molecule has 1 N–H and O–H groups in total. The van der Waals surface area contributed by atoms with E-state index in [1.54, 1.807) is 0 Å². The van der Waals surface area contributed by atoms with Gasteiger partial charge >= 0.3 is 0 Å². The molecule has 19 heavy (non-hydrogen) atoms. The Balaban J connectivity index is 1.68. The highest BCUT2D eigenvalue weighted by molar-refractivity contribution is 7.99. The predicted octanol–water partition coefficient (Wildman–Crippen LogP) is 3.16. The topological polar surface area (TPSA) is 15.3 Å². The number of piperidine rings is 1. The second kappa shape index (κ2) is 6.78. The lowest BCUT2D eigenvalue weighted by molar-refractivity contribution is 0.159. The zero-order valence-corrected chi connectivity index (χ0v) is 13.2. The van der Waals surface area contributed by atoms with E-state index in [1.807, 2.05) is 11.8 Å². The summed E-state index contributed by atoms with van der Waals surface area (Å²) in [5.41, 5.74) is 1.70. The number of benzene rings is 1. The van der Waals surface area contributed by atoms with Crippen molar-refractivity contribution in [1.29, 1.82) is 0 Å². The first-order valence-electron chi connectivity index (χ1n) is 7.22. The van der Waals surface area contributed by atoms with Gasteiger partial charge in [-0.25, -0.2) is 0 Å². The molecule has 1 heterocycles. The maximum atomic E-state index is 3.46. The molecule has 0 bridgehead atoms. The molecular weight excluding hydrogens is 252 g/mol. The van der Waals surface area contributed by atoms with E-state index in [9.17, 15) is 0 Å². The summed E-state index contributed by atoms with van der Waals surface area (Å²) in [6.45, 7) is 8.14. The van der Waals surface area contributed by atoms with E-state index in [0.29, 0.717) is 5.54 Å². The highest BCUT2D eigenvalue weighted by Crippen LogP contribution is 2.22. The van der Waals surface area contributed by atoms with E-state index >= 15 is 0 Å². The van der Waals surface area contributed by atoms with Gasteiger partial charge < -0.3 is 10.2 Å². The number of rotatable bonds is 5. The Hall–Kier alpha value is -0.510. The van der Waals surface area contributed by atoms with Crippen LogP contribution in [0.4, 0.5) is 0 Å². The van der Waals surface area contributed by atoms with Gasteiger partial charge in [-0.2, -0.15) is 0 Å². The van der Waals surface area contributed by atoms with Gasteiger partial charge in [0.05, 0.1) is 0 Å². The van der Waals surface area contributed by atoms with Crippen molar-refractivity contribution in [3.63, 3.8) is 0 Å². The number of nitrogens with zero attached hydrogens (tertiary/aromatic N) is 1. The van der Waals surface area contributed by atoms with Crippen LogP contribution in [0.25, 0.3) is 0 Å². The zero-order valence-electron chi connectivity index (χ0n) is 12.4. The van der Waals surface area contributed by atoms with Crippen molar-refractivity contribution in [3.8, 4) is 0 Å². The number of hydrogen-bond acceptors (Lipinski definition) is 3. The third-order valence-corrected chi connectivity index (χ3v) is 5.25. The third-order valence-electron chi connectivity index (χ3n) is 4.26. The summed E-state index contributed by atoms with van der Waals surface area (Å²) in [5.74, 6) is 1.19. The fraction of sp³-hybridized carbons (Fsp3) is 0.625. The zero-order chi connectivity index (χ0) is 13.7. The third kappa shape index (κ3) is 4.51. The minimum absolute atomic E-state index is 0.362. The molecule has 1 aromatic rings. The summed E-state index contributed by atoms with van der Waals surface area (Å²) in [4.78, 5) is 3.99. The Labute approximate surface area is 122 Å². The second-order valence-electron chi connectivity index (χ2n) is 5.81. The molecule has 0 amide bonds. The molecule has 0 unspecified atom stereocenters. The quantitative estimate of drug-likeness (QED) is 0.833. The van der Waals surface area contributed by atoms with Crippen molar-refractivity contribution >= 4 is 11.8 Å². The summed E-state index contributed by atoms with van der Waals surface area (Å²) in [6, 6.07) is 8.85. The van der Waals surface area contributed by atoms with Crippen LogP contribution in [-0.2, 0) is 0 Å². The highest BCUT2D eigenvalue weighted by Gasteiger charge is 2.27. The molecular formula is C16H26N2S.